The average Bonchev–Trinajstić information content (AvgIpc) is 2.93. The lowest BCUT2D eigenvalue weighted by molar-refractivity contribution is 0.482. The summed E-state index contributed by atoms with van der Waals surface area (Å²) in [5.41, 5.74) is 0.573. The number of nitrogens with zero attached hydrogens (tertiary/aromatic N) is 5. The Kier molecular flexibility index (Phi) is 3.20. The van der Waals surface area contributed by atoms with E-state index in [0.717, 1.165) is 13.1 Å². The van der Waals surface area contributed by atoms with Crippen LogP contribution < -0.4 is 10.9 Å². The minimum atomic E-state index is -0.347. The molecule has 1 aliphatic carbocycles. The summed E-state index contributed by atoms with van der Waals surface area (Å²) < 4.78 is 16.7. The summed E-state index contributed by atoms with van der Waals surface area (Å²) in [5, 5.41) is 15.9. The van der Waals surface area contributed by atoms with Crippen LogP contribution in [0.4, 0.5) is 4.39 Å². The molecule has 1 saturated carbocycles. The van der Waals surface area contributed by atoms with E-state index in [1.54, 1.807) is 18.2 Å². The summed E-state index contributed by atoms with van der Waals surface area (Å²) in [6.45, 7) is 1.91. The molecule has 9 heteroatoms. The normalized spacial score (nSPS) is 24.6. The van der Waals surface area contributed by atoms with Gasteiger partial charge in [0.2, 0.25) is 0 Å². The number of aromatic nitrogens is 5. The third kappa shape index (κ3) is 2.21. The molecule has 7 nitrogen and oxygen atoms in total. The van der Waals surface area contributed by atoms with E-state index in [0.29, 0.717) is 17.4 Å². The molecule has 0 amide bonds. The molecule has 2 atom stereocenters. The Bertz CT molecular complexity index is 1040. The molecule has 3 aromatic rings. The van der Waals surface area contributed by atoms with Crippen molar-refractivity contribution in [3.05, 3.63) is 51.2 Å². The Balaban J connectivity index is 1.56. The maximum absolute atomic E-state index is 13.9. The van der Waals surface area contributed by atoms with Crippen LogP contribution >= 0.6 is 11.6 Å². The van der Waals surface area contributed by atoms with Crippen LogP contribution in [0.5, 0.6) is 0 Å². The maximum atomic E-state index is 13.9. The summed E-state index contributed by atoms with van der Waals surface area (Å²) in [6.07, 6.45) is 0. The van der Waals surface area contributed by atoms with Crippen molar-refractivity contribution in [3.63, 3.8) is 0 Å². The summed E-state index contributed by atoms with van der Waals surface area (Å²) in [5.74, 6) is 0.515. The number of benzene rings is 1. The minimum absolute atomic E-state index is 0.0844. The summed E-state index contributed by atoms with van der Waals surface area (Å²) >= 11 is 6.29. The molecule has 0 spiro atoms. The third-order valence-electron chi connectivity index (χ3n) is 5.13. The molecular formula is C16H14ClFN6O. The van der Waals surface area contributed by atoms with Gasteiger partial charge in [-0.3, -0.25) is 4.79 Å². The molecule has 2 aromatic heterocycles. The number of fused-ring (bicyclic) bond motifs is 2. The highest BCUT2D eigenvalue weighted by molar-refractivity contribution is 6.33. The van der Waals surface area contributed by atoms with Gasteiger partial charge in [0.05, 0.1) is 12.6 Å². The SMILES string of the molecule is O=c1c2nn(Cc3ccccc3F)c(Cl)c2nnn1C1C2CNCC21. The predicted octanol–water partition coefficient (Wildman–Crippen LogP) is 1.22. The van der Waals surface area contributed by atoms with E-state index in [1.807, 2.05) is 0 Å². The van der Waals surface area contributed by atoms with Gasteiger partial charge in [0.15, 0.2) is 16.2 Å². The number of halogens is 2. The Hall–Kier alpha value is -2.32. The van der Waals surface area contributed by atoms with Gasteiger partial charge in [0.1, 0.15) is 5.82 Å². The maximum Gasteiger partial charge on any atom is 0.298 e. The van der Waals surface area contributed by atoms with E-state index in [9.17, 15) is 9.18 Å². The van der Waals surface area contributed by atoms with Gasteiger partial charge in [-0.05, 0) is 6.07 Å². The third-order valence-corrected chi connectivity index (χ3v) is 5.50. The zero-order chi connectivity index (χ0) is 17.1. The van der Waals surface area contributed by atoms with Crippen LogP contribution in [0.3, 0.4) is 0 Å². The van der Waals surface area contributed by atoms with Gasteiger partial charge in [-0.25, -0.2) is 13.8 Å². The Labute approximate surface area is 146 Å². The summed E-state index contributed by atoms with van der Waals surface area (Å²) in [4.78, 5) is 12.8. The van der Waals surface area contributed by atoms with E-state index < -0.39 is 0 Å². The molecule has 3 heterocycles. The number of hydrogen-bond acceptors (Lipinski definition) is 5. The first kappa shape index (κ1) is 15.0. The molecule has 1 aliphatic heterocycles. The van der Waals surface area contributed by atoms with Gasteiger partial charge < -0.3 is 5.32 Å². The van der Waals surface area contributed by atoms with Gasteiger partial charge in [0, 0.05) is 30.5 Å². The van der Waals surface area contributed by atoms with Crippen LogP contribution in [0.25, 0.3) is 11.0 Å². The molecule has 0 bridgehead atoms. The van der Waals surface area contributed by atoms with Crippen molar-refractivity contribution in [3.8, 4) is 0 Å². The van der Waals surface area contributed by atoms with Crippen molar-refractivity contribution < 1.29 is 4.39 Å². The van der Waals surface area contributed by atoms with Crippen molar-refractivity contribution >= 4 is 22.6 Å². The fraction of sp³-hybridized carbons (Fsp3) is 0.375. The number of piperidine rings is 1. The highest BCUT2D eigenvalue weighted by Gasteiger charge is 2.55. The lowest BCUT2D eigenvalue weighted by Gasteiger charge is -2.05. The first-order chi connectivity index (χ1) is 12.1. The molecule has 0 radical (unpaired) electrons. The van der Waals surface area contributed by atoms with E-state index in [1.165, 1.54) is 15.4 Å². The van der Waals surface area contributed by atoms with Gasteiger partial charge in [-0.1, -0.05) is 35.0 Å². The second-order valence-corrected chi connectivity index (χ2v) is 6.91. The quantitative estimate of drug-likeness (QED) is 0.760. The van der Waals surface area contributed by atoms with Crippen LogP contribution in [0.2, 0.25) is 5.15 Å². The van der Waals surface area contributed by atoms with Crippen molar-refractivity contribution in [1.82, 2.24) is 30.1 Å². The fourth-order valence-corrected chi connectivity index (χ4v) is 3.97. The fourth-order valence-electron chi connectivity index (χ4n) is 3.74. The molecule has 128 valence electrons. The predicted molar refractivity (Wildman–Crippen MR) is 89.0 cm³/mol. The Morgan fingerprint density at radius 2 is 2.00 bits per heavy atom. The molecule has 1 aromatic carbocycles. The van der Waals surface area contributed by atoms with Gasteiger partial charge in [-0.15, -0.1) is 5.10 Å². The van der Waals surface area contributed by atoms with E-state index >= 15 is 0 Å². The number of rotatable bonds is 3. The topological polar surface area (TPSA) is 77.6 Å². The van der Waals surface area contributed by atoms with Gasteiger partial charge in [-0.2, -0.15) is 5.10 Å². The van der Waals surface area contributed by atoms with Crippen molar-refractivity contribution in [2.75, 3.05) is 13.1 Å². The molecule has 1 N–H and O–H groups in total. The highest BCUT2D eigenvalue weighted by atomic mass is 35.5. The highest BCUT2D eigenvalue weighted by Crippen LogP contribution is 2.51. The number of nitrogens with one attached hydrogen (secondary N) is 1. The second kappa shape index (κ2) is 5.34. The standard InChI is InChI=1S/C16H14ClFN6O/c17-15-12-13(21-23(15)7-8-3-1-2-4-11(8)18)16(25)24(22-20-12)14-9-5-19-6-10(9)14/h1-4,9-10,14,19H,5-7H2. The van der Waals surface area contributed by atoms with E-state index in [-0.39, 0.29) is 40.1 Å². The lowest BCUT2D eigenvalue weighted by atomic mass is 10.2. The molecule has 25 heavy (non-hydrogen) atoms. The van der Waals surface area contributed by atoms with Crippen LogP contribution in [-0.4, -0.2) is 37.9 Å². The molecule has 2 unspecified atom stereocenters. The zero-order valence-electron chi connectivity index (χ0n) is 13.1. The first-order valence-corrected chi connectivity index (χ1v) is 8.48. The molecule has 5 rings (SSSR count). The van der Waals surface area contributed by atoms with Crippen molar-refractivity contribution in [2.24, 2.45) is 11.8 Å². The van der Waals surface area contributed by atoms with Crippen LogP contribution in [0.1, 0.15) is 11.6 Å². The molecular weight excluding hydrogens is 347 g/mol. The molecule has 1 saturated heterocycles. The average molecular weight is 361 g/mol. The van der Waals surface area contributed by atoms with Crippen molar-refractivity contribution in [2.45, 2.75) is 12.6 Å². The second-order valence-electron chi connectivity index (χ2n) is 6.55. The van der Waals surface area contributed by atoms with Crippen LogP contribution in [0, 0.1) is 17.7 Å². The molecule has 2 fully saturated rings. The van der Waals surface area contributed by atoms with Gasteiger partial charge >= 0.3 is 0 Å². The monoisotopic (exact) mass is 360 g/mol. The zero-order valence-corrected chi connectivity index (χ0v) is 13.8. The summed E-state index contributed by atoms with van der Waals surface area (Å²) in [7, 11) is 0. The van der Waals surface area contributed by atoms with Crippen LogP contribution in [-0.2, 0) is 6.54 Å². The van der Waals surface area contributed by atoms with Crippen LogP contribution in [0.15, 0.2) is 29.1 Å². The summed E-state index contributed by atoms with van der Waals surface area (Å²) in [6, 6.07) is 6.47. The Morgan fingerprint density at radius 3 is 2.76 bits per heavy atom. The largest absolute Gasteiger partial charge is 0.316 e. The minimum Gasteiger partial charge on any atom is -0.316 e. The first-order valence-electron chi connectivity index (χ1n) is 8.11. The lowest BCUT2D eigenvalue weighted by Crippen LogP contribution is -2.28. The number of hydrogen-bond donors (Lipinski definition) is 1. The van der Waals surface area contributed by atoms with Crippen molar-refractivity contribution in [1.29, 1.82) is 0 Å². The smallest absolute Gasteiger partial charge is 0.298 e. The van der Waals surface area contributed by atoms with Gasteiger partial charge in [0.25, 0.3) is 5.56 Å². The molecule has 2 aliphatic rings. The Morgan fingerprint density at radius 1 is 1.24 bits per heavy atom. The van der Waals surface area contributed by atoms with E-state index in [2.05, 4.69) is 20.7 Å². The van der Waals surface area contributed by atoms with E-state index in [4.69, 9.17) is 11.6 Å².